The smallest absolute Gasteiger partial charge is 0.416 e. The van der Waals surface area contributed by atoms with E-state index in [1.165, 1.54) is 7.11 Å². The Morgan fingerprint density at radius 3 is 2.74 bits per heavy atom. The molecule has 0 saturated carbocycles. The van der Waals surface area contributed by atoms with E-state index in [0.717, 1.165) is 42.9 Å². The molecule has 10 heteroatoms. The summed E-state index contributed by atoms with van der Waals surface area (Å²) in [7, 11) is 1.36. The average molecular weight is 476 g/mol. The van der Waals surface area contributed by atoms with Crippen molar-refractivity contribution < 1.29 is 29.2 Å². The zero-order chi connectivity index (χ0) is 24.5. The lowest BCUT2D eigenvalue weighted by Crippen LogP contribution is -3.15. The van der Waals surface area contributed by atoms with E-state index < -0.39 is 12.2 Å². The standard InChI is InChI=1S/C24H37N5O5/c1-16-13-27(22(31)34-21-7-5-6-10-25-21)20-11-17(8-9-19(20)29(16)23(32)33-4)18-12-26-28(14-18)24(2,3)15-30/h8-9,11,16,18,21,25,28,30H,5-7,10,12-15H2,1-4H3/t16-,18?,21?/m0/s1. The van der Waals surface area contributed by atoms with Gasteiger partial charge in [0.1, 0.15) is 5.54 Å². The van der Waals surface area contributed by atoms with Crippen molar-refractivity contribution in [2.24, 2.45) is 0 Å². The summed E-state index contributed by atoms with van der Waals surface area (Å²) in [5.41, 5.74) is 6.65. The Kier molecular flexibility index (Phi) is 7.32. The maximum absolute atomic E-state index is 13.3. The molecule has 1 aromatic carbocycles. The second-order valence-electron chi connectivity index (χ2n) is 10.1. The molecule has 0 aliphatic carbocycles. The van der Waals surface area contributed by atoms with Gasteiger partial charge < -0.3 is 25.0 Å². The van der Waals surface area contributed by atoms with Gasteiger partial charge in [-0.15, -0.1) is 0 Å². The summed E-state index contributed by atoms with van der Waals surface area (Å²) in [4.78, 5) is 29.1. The average Bonchev–Trinajstić information content (AvgIpc) is 3.35. The van der Waals surface area contributed by atoms with Crippen LogP contribution < -0.4 is 20.1 Å². The number of rotatable bonds is 4. The molecule has 34 heavy (non-hydrogen) atoms. The number of amides is 2. The second kappa shape index (κ2) is 10.1. The highest BCUT2D eigenvalue weighted by Gasteiger charge is 2.38. The number of hydrogen-bond donors (Lipinski definition) is 3. The van der Waals surface area contributed by atoms with Crippen molar-refractivity contribution in [2.75, 3.05) is 49.7 Å². The van der Waals surface area contributed by atoms with Crippen molar-refractivity contribution in [3.63, 3.8) is 0 Å². The fourth-order valence-corrected chi connectivity index (χ4v) is 4.94. The van der Waals surface area contributed by atoms with Gasteiger partial charge in [0.05, 0.1) is 44.2 Å². The van der Waals surface area contributed by atoms with E-state index in [1.54, 1.807) is 9.80 Å². The number of nitrogens with zero attached hydrogens (tertiary/aromatic N) is 3. The molecule has 3 heterocycles. The van der Waals surface area contributed by atoms with Gasteiger partial charge >= 0.3 is 12.2 Å². The molecule has 10 nitrogen and oxygen atoms in total. The summed E-state index contributed by atoms with van der Waals surface area (Å²) in [5, 5.41) is 14.0. The van der Waals surface area contributed by atoms with Crippen LogP contribution in [0.4, 0.5) is 21.0 Å². The van der Waals surface area contributed by atoms with Gasteiger partial charge in [-0.3, -0.25) is 15.1 Å². The summed E-state index contributed by atoms with van der Waals surface area (Å²) in [6.45, 7) is 8.44. The number of fused-ring (bicyclic) bond motifs is 1. The number of benzene rings is 1. The van der Waals surface area contributed by atoms with E-state index >= 15 is 0 Å². The third-order valence-electron chi connectivity index (χ3n) is 7.13. The highest BCUT2D eigenvalue weighted by molar-refractivity contribution is 6.01. The Morgan fingerprint density at radius 1 is 1.26 bits per heavy atom. The van der Waals surface area contributed by atoms with Gasteiger partial charge in [-0.2, -0.15) is 0 Å². The molecule has 3 aliphatic heterocycles. The maximum Gasteiger partial charge on any atom is 0.416 e. The third-order valence-corrected chi connectivity index (χ3v) is 7.13. The van der Waals surface area contributed by atoms with Gasteiger partial charge in [-0.25, -0.2) is 9.59 Å². The van der Waals surface area contributed by atoms with Gasteiger partial charge in [0.2, 0.25) is 0 Å². The molecule has 0 spiro atoms. The number of quaternary nitrogens is 1. The molecule has 0 bridgehead atoms. The van der Waals surface area contributed by atoms with E-state index in [2.05, 4.69) is 5.32 Å². The Balaban J connectivity index is 1.63. The molecule has 0 radical (unpaired) electrons. The quantitative estimate of drug-likeness (QED) is 0.612. The van der Waals surface area contributed by atoms with Crippen LogP contribution >= 0.6 is 0 Å². The van der Waals surface area contributed by atoms with Crippen molar-refractivity contribution in [1.29, 1.82) is 0 Å². The predicted molar refractivity (Wildman–Crippen MR) is 128 cm³/mol. The van der Waals surface area contributed by atoms with Crippen LogP contribution in [-0.4, -0.2) is 75.0 Å². The molecule has 2 saturated heterocycles. The van der Waals surface area contributed by atoms with Crippen molar-refractivity contribution in [1.82, 2.24) is 5.32 Å². The molecule has 4 atom stereocenters. The van der Waals surface area contributed by atoms with E-state index in [1.807, 2.05) is 39.0 Å². The Morgan fingerprint density at radius 2 is 2.06 bits per heavy atom. The third kappa shape index (κ3) is 4.86. The first kappa shape index (κ1) is 24.7. The van der Waals surface area contributed by atoms with Crippen LogP contribution in [0.1, 0.15) is 51.5 Å². The van der Waals surface area contributed by atoms with Crippen LogP contribution in [0.25, 0.3) is 5.43 Å². The highest BCUT2D eigenvalue weighted by Crippen LogP contribution is 2.39. The van der Waals surface area contributed by atoms with Gasteiger partial charge in [0.25, 0.3) is 0 Å². The molecule has 3 aliphatic rings. The summed E-state index contributed by atoms with van der Waals surface area (Å²) < 4.78 is 10.8. The van der Waals surface area contributed by atoms with Crippen molar-refractivity contribution in [2.45, 2.75) is 63.8 Å². The van der Waals surface area contributed by atoms with Crippen LogP contribution in [0.15, 0.2) is 18.2 Å². The SMILES string of the molecule is COC(=O)N1c2ccc(C3C[N-][NH+](C(C)(C)CO)C3)cc2N(C(=O)OC2CCCCN2)C[C@@H]1C. The number of hydrogen-bond acceptors (Lipinski definition) is 6. The summed E-state index contributed by atoms with van der Waals surface area (Å²) in [6.07, 6.45) is 1.71. The molecule has 3 N–H and O–H groups in total. The molecule has 2 amide bonds. The number of ether oxygens (including phenoxy) is 2. The van der Waals surface area contributed by atoms with Crippen molar-refractivity contribution in [3.05, 3.63) is 29.2 Å². The summed E-state index contributed by atoms with van der Waals surface area (Å²) >= 11 is 0. The van der Waals surface area contributed by atoms with E-state index in [4.69, 9.17) is 14.9 Å². The maximum atomic E-state index is 13.3. The minimum Gasteiger partial charge on any atom is -0.453 e. The first-order valence-electron chi connectivity index (χ1n) is 12.1. The first-order chi connectivity index (χ1) is 16.2. The number of carbonyl (C=O) groups excluding carboxylic acids is 2. The largest absolute Gasteiger partial charge is 0.453 e. The van der Waals surface area contributed by atoms with Crippen LogP contribution in [0.3, 0.4) is 0 Å². The molecule has 2 fully saturated rings. The summed E-state index contributed by atoms with van der Waals surface area (Å²) in [5.74, 6) is 0.148. The minimum atomic E-state index is -0.459. The van der Waals surface area contributed by atoms with Gasteiger partial charge in [-0.1, -0.05) is 12.6 Å². The molecular weight excluding hydrogens is 438 g/mol. The second-order valence-corrected chi connectivity index (χ2v) is 10.1. The lowest BCUT2D eigenvalue weighted by Gasteiger charge is -2.40. The minimum absolute atomic E-state index is 0.0452. The van der Waals surface area contributed by atoms with Gasteiger partial charge in [0.15, 0.2) is 6.23 Å². The van der Waals surface area contributed by atoms with E-state index in [0.29, 0.717) is 24.5 Å². The lowest BCUT2D eigenvalue weighted by atomic mass is 9.96. The Labute approximate surface area is 201 Å². The number of methoxy groups -OCH3 is 1. The predicted octanol–water partition coefficient (Wildman–Crippen LogP) is 1.75. The number of aliphatic hydroxyl groups excluding tert-OH is 1. The summed E-state index contributed by atoms with van der Waals surface area (Å²) in [6, 6.07) is 5.57. The number of aliphatic hydroxyl groups is 1. The highest BCUT2D eigenvalue weighted by atomic mass is 16.6. The number of piperidine rings is 1. The fourth-order valence-electron chi connectivity index (χ4n) is 4.94. The number of carbonyl (C=O) groups is 2. The zero-order valence-corrected chi connectivity index (χ0v) is 20.5. The van der Waals surface area contributed by atoms with Crippen molar-refractivity contribution in [3.8, 4) is 0 Å². The van der Waals surface area contributed by atoms with Crippen LogP contribution in [0.5, 0.6) is 0 Å². The van der Waals surface area contributed by atoms with Gasteiger partial charge in [0, 0.05) is 5.92 Å². The van der Waals surface area contributed by atoms with Gasteiger partial charge in [-0.05, 0) is 64.3 Å². The topological polar surface area (TPSA) is 110 Å². The monoisotopic (exact) mass is 475 g/mol. The van der Waals surface area contributed by atoms with Crippen LogP contribution in [0.2, 0.25) is 0 Å². The molecule has 4 rings (SSSR count). The molecule has 0 aromatic heterocycles. The van der Waals surface area contributed by atoms with Crippen LogP contribution in [-0.2, 0) is 9.47 Å². The molecule has 1 aromatic rings. The van der Waals surface area contributed by atoms with E-state index in [9.17, 15) is 14.7 Å². The Bertz CT molecular complexity index is 904. The van der Waals surface area contributed by atoms with Crippen LogP contribution in [0, 0.1) is 0 Å². The lowest BCUT2D eigenvalue weighted by molar-refractivity contribution is -0.905. The van der Waals surface area contributed by atoms with Crippen molar-refractivity contribution >= 4 is 23.6 Å². The zero-order valence-electron chi connectivity index (χ0n) is 20.5. The fraction of sp³-hybridized carbons (Fsp3) is 0.667. The molecular formula is C24H37N5O5. The van der Waals surface area contributed by atoms with E-state index in [-0.39, 0.29) is 30.3 Å². The molecule has 3 unspecified atom stereocenters. The Hall–Kier alpha value is -2.40. The first-order valence-corrected chi connectivity index (χ1v) is 12.1. The number of anilines is 2. The number of nitrogens with one attached hydrogen (secondary N) is 2. The normalized spacial score (nSPS) is 27.3. The molecule has 188 valence electrons.